The van der Waals surface area contributed by atoms with E-state index in [1.165, 1.54) is 25.0 Å². The van der Waals surface area contributed by atoms with Crippen LogP contribution in [0.2, 0.25) is 0 Å². The minimum Gasteiger partial charge on any atom is -0.326 e. The van der Waals surface area contributed by atoms with E-state index in [0.717, 1.165) is 76.7 Å². The van der Waals surface area contributed by atoms with Gasteiger partial charge in [0.1, 0.15) is 15.8 Å². The average Bonchev–Trinajstić information content (AvgIpc) is 3.68. The molecule has 9 nitrogen and oxygen atoms in total. The van der Waals surface area contributed by atoms with Gasteiger partial charge < -0.3 is 16.0 Å². The molecule has 0 unspecified atom stereocenters. The number of aromatic nitrogens is 4. The van der Waals surface area contributed by atoms with Crippen molar-refractivity contribution in [1.29, 1.82) is 0 Å². The summed E-state index contributed by atoms with van der Waals surface area (Å²) < 4.78 is 2.11. The Hall–Kier alpha value is -5.10. The molecular formula is C35H27N7O2S2. The summed E-state index contributed by atoms with van der Waals surface area (Å²) in [6, 6.07) is 20.3. The quantitative estimate of drug-likeness (QED) is 0.179. The van der Waals surface area contributed by atoms with Crippen molar-refractivity contribution in [2.45, 2.75) is 26.8 Å². The second-order valence-corrected chi connectivity index (χ2v) is 13.3. The predicted molar refractivity (Wildman–Crippen MR) is 186 cm³/mol. The fraction of sp³-hybridized carbons (Fsp3) is 0.143. The number of rotatable bonds is 5. The highest BCUT2D eigenvalue weighted by atomic mass is 32.1. The van der Waals surface area contributed by atoms with E-state index >= 15 is 0 Å². The molecule has 0 fully saturated rings. The van der Waals surface area contributed by atoms with Gasteiger partial charge >= 0.3 is 0 Å². The number of benzene rings is 3. The summed E-state index contributed by atoms with van der Waals surface area (Å²) in [5.41, 5.74) is 9.31. The van der Waals surface area contributed by atoms with Crippen LogP contribution >= 0.6 is 22.7 Å². The van der Waals surface area contributed by atoms with E-state index < -0.39 is 0 Å². The smallest absolute Gasteiger partial charge is 0.222 e. The largest absolute Gasteiger partial charge is 0.326 e. The van der Waals surface area contributed by atoms with Crippen LogP contribution < -0.4 is 16.0 Å². The lowest BCUT2D eigenvalue weighted by Gasteiger charge is -2.26. The standard InChI is InChI=1S/C35H27N7O2S2/c1-18(43)38-27-15-23(25-16-36-13-11-21(25)31(27)35-41-26-7-3-4-8-29(26)45-35)22-6-5-9-30-32(22)42-34(46-30)24-14-20-10-12-37-17-28(20)40-33(24)39-19(2)44/h3-10,12,14-15,17,36H,11,13,16H2,1-2H3,(H,38,43)(H,39,40,44). The topological polar surface area (TPSA) is 122 Å². The van der Waals surface area contributed by atoms with Gasteiger partial charge in [0.15, 0.2) is 0 Å². The third-order valence-corrected chi connectivity index (χ3v) is 10.2. The molecule has 1 aliphatic rings. The summed E-state index contributed by atoms with van der Waals surface area (Å²) >= 11 is 3.19. The first-order valence-corrected chi connectivity index (χ1v) is 16.5. The van der Waals surface area contributed by atoms with Crippen LogP contribution in [0.15, 0.2) is 73.1 Å². The summed E-state index contributed by atoms with van der Waals surface area (Å²) in [6.45, 7) is 4.52. The third kappa shape index (κ3) is 4.98. The number of anilines is 2. The van der Waals surface area contributed by atoms with Gasteiger partial charge in [0.2, 0.25) is 11.8 Å². The molecule has 46 heavy (non-hydrogen) atoms. The molecular weight excluding hydrogens is 615 g/mol. The summed E-state index contributed by atoms with van der Waals surface area (Å²) in [7, 11) is 0. The summed E-state index contributed by atoms with van der Waals surface area (Å²) in [5, 5.41) is 12.1. The Morgan fingerprint density at radius 3 is 2.46 bits per heavy atom. The van der Waals surface area contributed by atoms with Crippen molar-refractivity contribution >= 4 is 77.3 Å². The molecule has 0 bridgehead atoms. The van der Waals surface area contributed by atoms with E-state index in [1.807, 2.05) is 36.4 Å². The first-order valence-electron chi connectivity index (χ1n) is 14.9. The summed E-state index contributed by atoms with van der Waals surface area (Å²) in [4.78, 5) is 43.8. The Kier molecular flexibility index (Phi) is 7.01. The van der Waals surface area contributed by atoms with E-state index in [1.54, 1.807) is 35.1 Å². The fourth-order valence-electron chi connectivity index (χ4n) is 6.16. The fourth-order valence-corrected chi connectivity index (χ4v) is 8.22. The number of fused-ring (bicyclic) bond motifs is 4. The number of carbonyl (C=O) groups is 2. The molecule has 5 heterocycles. The van der Waals surface area contributed by atoms with Crippen LogP contribution in [0.3, 0.4) is 0 Å². The molecule has 8 rings (SSSR count). The van der Waals surface area contributed by atoms with Crippen LogP contribution in [0.1, 0.15) is 25.0 Å². The van der Waals surface area contributed by atoms with Gasteiger partial charge in [-0.15, -0.1) is 22.7 Å². The van der Waals surface area contributed by atoms with Gasteiger partial charge in [0, 0.05) is 43.1 Å². The first-order chi connectivity index (χ1) is 22.4. The van der Waals surface area contributed by atoms with Crippen LogP contribution in [0.5, 0.6) is 0 Å². The van der Waals surface area contributed by atoms with Crippen molar-refractivity contribution < 1.29 is 9.59 Å². The number of carbonyl (C=O) groups excluding carboxylic acids is 2. The molecule has 0 atom stereocenters. The van der Waals surface area contributed by atoms with E-state index in [9.17, 15) is 9.59 Å². The number of hydrogen-bond donors (Lipinski definition) is 3. The van der Waals surface area contributed by atoms with Crippen LogP contribution in [0.4, 0.5) is 11.5 Å². The van der Waals surface area contributed by atoms with Gasteiger partial charge in [-0.2, -0.15) is 0 Å². The molecule has 0 spiro atoms. The Bertz CT molecular complexity index is 2330. The molecule has 226 valence electrons. The highest BCUT2D eigenvalue weighted by Gasteiger charge is 2.26. The summed E-state index contributed by atoms with van der Waals surface area (Å²) in [6.07, 6.45) is 4.21. The molecule has 3 aromatic carbocycles. The monoisotopic (exact) mass is 641 g/mol. The van der Waals surface area contributed by atoms with Crippen LogP contribution in [0, 0.1) is 0 Å². The van der Waals surface area contributed by atoms with Crippen LogP contribution in [-0.4, -0.2) is 38.3 Å². The number of hydrogen-bond acceptors (Lipinski definition) is 9. The molecule has 0 radical (unpaired) electrons. The molecule has 11 heteroatoms. The molecule has 0 saturated heterocycles. The van der Waals surface area contributed by atoms with E-state index in [-0.39, 0.29) is 11.8 Å². The first kappa shape index (κ1) is 28.4. The van der Waals surface area contributed by atoms with Gasteiger partial charge in [0.05, 0.1) is 43.4 Å². The Morgan fingerprint density at radius 1 is 0.783 bits per heavy atom. The number of thiazole rings is 2. The lowest BCUT2D eigenvalue weighted by atomic mass is 9.87. The number of nitrogens with one attached hydrogen (secondary N) is 3. The van der Waals surface area contributed by atoms with Crippen molar-refractivity contribution in [3.05, 3.63) is 84.2 Å². The van der Waals surface area contributed by atoms with E-state index in [2.05, 4.69) is 45.2 Å². The molecule has 7 aromatic rings. The van der Waals surface area contributed by atoms with Crippen molar-refractivity contribution in [1.82, 2.24) is 25.3 Å². The van der Waals surface area contributed by atoms with E-state index in [4.69, 9.17) is 15.0 Å². The molecule has 2 amide bonds. The number of pyridine rings is 2. The maximum absolute atomic E-state index is 12.6. The molecule has 4 aromatic heterocycles. The van der Waals surface area contributed by atoms with Gasteiger partial charge in [-0.05, 0) is 66.1 Å². The van der Waals surface area contributed by atoms with Crippen LogP contribution in [0.25, 0.3) is 63.6 Å². The van der Waals surface area contributed by atoms with Gasteiger partial charge in [0.25, 0.3) is 0 Å². The zero-order valence-electron chi connectivity index (χ0n) is 25.0. The molecule has 0 saturated carbocycles. The highest BCUT2D eigenvalue weighted by molar-refractivity contribution is 7.22. The molecule has 0 aliphatic carbocycles. The van der Waals surface area contributed by atoms with Crippen molar-refractivity contribution in [2.24, 2.45) is 0 Å². The van der Waals surface area contributed by atoms with Gasteiger partial charge in [-0.25, -0.2) is 15.0 Å². The lowest BCUT2D eigenvalue weighted by Crippen LogP contribution is -2.25. The number of para-hydroxylation sites is 2. The van der Waals surface area contributed by atoms with Crippen molar-refractivity contribution in [3.63, 3.8) is 0 Å². The maximum atomic E-state index is 12.6. The summed E-state index contributed by atoms with van der Waals surface area (Å²) in [5.74, 6) is 0.0980. The number of nitrogens with zero attached hydrogens (tertiary/aromatic N) is 4. The van der Waals surface area contributed by atoms with Gasteiger partial charge in [-0.3, -0.25) is 14.6 Å². The maximum Gasteiger partial charge on any atom is 0.222 e. The predicted octanol–water partition coefficient (Wildman–Crippen LogP) is 7.41. The SMILES string of the molecule is CC(=O)Nc1cc(-c2cccc3sc(-c4cc5ccncc5nc4NC(C)=O)nc23)c2c(c1-c1nc3ccccc3s1)CCNC2. The van der Waals surface area contributed by atoms with E-state index in [0.29, 0.717) is 17.9 Å². The highest BCUT2D eigenvalue weighted by Crippen LogP contribution is 2.46. The number of amides is 2. The minimum absolute atomic E-state index is 0.138. The second kappa shape index (κ2) is 11.4. The Morgan fingerprint density at radius 2 is 1.61 bits per heavy atom. The zero-order chi connectivity index (χ0) is 31.4. The molecule has 1 aliphatic heterocycles. The zero-order valence-corrected chi connectivity index (χ0v) is 26.6. The Balaban J connectivity index is 1.34. The third-order valence-electron chi connectivity index (χ3n) is 8.08. The second-order valence-electron chi connectivity index (χ2n) is 11.2. The average molecular weight is 642 g/mol. The lowest BCUT2D eigenvalue weighted by molar-refractivity contribution is -0.115. The van der Waals surface area contributed by atoms with Crippen LogP contribution in [-0.2, 0) is 22.6 Å². The normalized spacial score (nSPS) is 12.8. The van der Waals surface area contributed by atoms with Crippen molar-refractivity contribution in [3.8, 4) is 32.3 Å². The molecule has 3 N–H and O–H groups in total. The minimum atomic E-state index is -0.211. The van der Waals surface area contributed by atoms with Crippen molar-refractivity contribution in [2.75, 3.05) is 17.2 Å². The Labute approximate surface area is 271 Å². The van der Waals surface area contributed by atoms with Gasteiger partial charge in [-0.1, -0.05) is 24.3 Å².